The number of ether oxygens (including phenoxy) is 2. The number of hydrogen-bond acceptors (Lipinski definition) is 4. The Hall–Kier alpha value is -1.55. The smallest absolute Gasteiger partial charge is 0.224 e. The molecule has 0 aliphatic rings. The van der Waals surface area contributed by atoms with Gasteiger partial charge in [-0.2, -0.15) is 0 Å². The lowest BCUT2D eigenvalue weighted by atomic mass is 9.99. The van der Waals surface area contributed by atoms with Crippen LogP contribution in [0.15, 0.2) is 11.4 Å². The van der Waals surface area contributed by atoms with Gasteiger partial charge in [-0.1, -0.05) is 6.07 Å². The maximum atomic E-state index is 5.56. The quantitative estimate of drug-likeness (QED) is 0.845. The van der Waals surface area contributed by atoms with Gasteiger partial charge in [-0.05, 0) is 37.5 Å². The van der Waals surface area contributed by atoms with Crippen molar-refractivity contribution in [1.29, 1.82) is 0 Å². The SMILES string of the molecule is COc1csc(-c2c(C)cc(C)c(C)c2OC)n1. The fourth-order valence-corrected chi connectivity index (χ4v) is 2.91. The van der Waals surface area contributed by atoms with Crippen molar-refractivity contribution >= 4 is 11.3 Å². The van der Waals surface area contributed by atoms with Crippen molar-refractivity contribution in [3.63, 3.8) is 0 Å². The number of nitrogens with zero attached hydrogens (tertiary/aromatic N) is 1. The molecule has 0 fully saturated rings. The van der Waals surface area contributed by atoms with Crippen LogP contribution in [0.2, 0.25) is 0 Å². The molecule has 96 valence electrons. The topological polar surface area (TPSA) is 31.4 Å². The summed E-state index contributed by atoms with van der Waals surface area (Å²) in [5.74, 6) is 1.55. The van der Waals surface area contributed by atoms with E-state index in [0.717, 1.165) is 21.9 Å². The molecule has 3 nitrogen and oxygen atoms in total. The van der Waals surface area contributed by atoms with Gasteiger partial charge in [0, 0.05) is 0 Å². The molecule has 1 aromatic heterocycles. The molecule has 0 aliphatic carbocycles. The molecule has 0 saturated heterocycles. The van der Waals surface area contributed by atoms with Gasteiger partial charge in [0.25, 0.3) is 0 Å². The zero-order valence-corrected chi connectivity index (χ0v) is 12.1. The predicted molar refractivity (Wildman–Crippen MR) is 74.9 cm³/mol. The summed E-state index contributed by atoms with van der Waals surface area (Å²) in [5.41, 5.74) is 4.63. The highest BCUT2D eigenvalue weighted by Crippen LogP contribution is 2.39. The average molecular weight is 263 g/mol. The van der Waals surface area contributed by atoms with E-state index in [1.165, 1.54) is 11.1 Å². The Labute approximate surface area is 111 Å². The molecule has 0 radical (unpaired) electrons. The van der Waals surface area contributed by atoms with E-state index in [1.54, 1.807) is 25.6 Å². The van der Waals surface area contributed by atoms with Crippen LogP contribution in [-0.2, 0) is 0 Å². The fourth-order valence-electron chi connectivity index (χ4n) is 2.04. The summed E-state index contributed by atoms with van der Waals surface area (Å²) in [7, 11) is 3.33. The summed E-state index contributed by atoms with van der Waals surface area (Å²) in [4.78, 5) is 4.46. The first-order valence-electron chi connectivity index (χ1n) is 5.73. The third-order valence-electron chi connectivity index (χ3n) is 3.10. The van der Waals surface area contributed by atoms with E-state index in [-0.39, 0.29) is 0 Å². The molecule has 0 N–H and O–H groups in total. The third-order valence-corrected chi connectivity index (χ3v) is 3.93. The van der Waals surface area contributed by atoms with Crippen molar-refractivity contribution in [3.05, 3.63) is 28.1 Å². The van der Waals surface area contributed by atoms with Gasteiger partial charge in [-0.3, -0.25) is 0 Å². The molecule has 18 heavy (non-hydrogen) atoms. The number of rotatable bonds is 3. The maximum absolute atomic E-state index is 5.56. The Morgan fingerprint density at radius 1 is 1.06 bits per heavy atom. The minimum absolute atomic E-state index is 0.648. The third kappa shape index (κ3) is 2.08. The monoisotopic (exact) mass is 263 g/mol. The Balaban J connectivity index is 2.66. The summed E-state index contributed by atoms with van der Waals surface area (Å²) in [5, 5.41) is 2.84. The van der Waals surface area contributed by atoms with E-state index in [2.05, 4.69) is 31.8 Å². The first-order valence-corrected chi connectivity index (χ1v) is 6.61. The van der Waals surface area contributed by atoms with E-state index in [0.29, 0.717) is 5.88 Å². The number of benzene rings is 1. The summed E-state index contributed by atoms with van der Waals surface area (Å²) < 4.78 is 10.7. The molecule has 1 aromatic carbocycles. The van der Waals surface area contributed by atoms with E-state index in [9.17, 15) is 0 Å². The Bertz CT molecular complexity index is 575. The van der Waals surface area contributed by atoms with Gasteiger partial charge in [-0.15, -0.1) is 11.3 Å². The van der Waals surface area contributed by atoms with Crippen molar-refractivity contribution in [1.82, 2.24) is 4.98 Å². The lowest BCUT2D eigenvalue weighted by molar-refractivity contribution is 0.400. The van der Waals surface area contributed by atoms with Crippen molar-refractivity contribution in [2.24, 2.45) is 0 Å². The molecule has 0 bridgehead atoms. The number of thiazole rings is 1. The summed E-state index contributed by atoms with van der Waals surface area (Å²) in [6.45, 7) is 6.25. The van der Waals surface area contributed by atoms with E-state index >= 15 is 0 Å². The predicted octanol–water partition coefficient (Wildman–Crippen LogP) is 3.75. The summed E-state index contributed by atoms with van der Waals surface area (Å²) in [6.07, 6.45) is 0. The zero-order valence-electron chi connectivity index (χ0n) is 11.3. The van der Waals surface area contributed by atoms with E-state index < -0.39 is 0 Å². The molecule has 0 atom stereocenters. The van der Waals surface area contributed by atoms with E-state index in [1.807, 2.05) is 5.38 Å². The molecule has 0 unspecified atom stereocenters. The van der Waals surface area contributed by atoms with E-state index in [4.69, 9.17) is 9.47 Å². The molecular weight excluding hydrogens is 246 g/mol. The normalized spacial score (nSPS) is 10.5. The first kappa shape index (κ1) is 12.9. The van der Waals surface area contributed by atoms with Crippen LogP contribution >= 0.6 is 11.3 Å². The molecule has 4 heteroatoms. The van der Waals surface area contributed by atoms with Crippen LogP contribution < -0.4 is 9.47 Å². The van der Waals surface area contributed by atoms with Gasteiger partial charge >= 0.3 is 0 Å². The summed E-state index contributed by atoms with van der Waals surface area (Å²) in [6, 6.07) is 2.17. The van der Waals surface area contributed by atoms with Gasteiger partial charge in [0.05, 0.1) is 25.2 Å². The molecule has 0 amide bonds. The molecule has 1 heterocycles. The van der Waals surface area contributed by atoms with Gasteiger partial charge in [0.2, 0.25) is 5.88 Å². The highest BCUT2D eigenvalue weighted by molar-refractivity contribution is 7.13. The molecule has 0 aliphatic heterocycles. The lowest BCUT2D eigenvalue weighted by Crippen LogP contribution is -1.96. The van der Waals surface area contributed by atoms with Crippen LogP contribution in [-0.4, -0.2) is 19.2 Å². The standard InChI is InChI=1S/C14H17NO2S/c1-8-6-9(2)12(13(17-5)10(8)3)14-15-11(16-4)7-18-14/h6-7H,1-5H3. The number of methoxy groups -OCH3 is 2. The lowest BCUT2D eigenvalue weighted by Gasteiger charge is -2.14. The first-order chi connectivity index (χ1) is 8.58. The van der Waals surface area contributed by atoms with Crippen molar-refractivity contribution in [2.75, 3.05) is 14.2 Å². The second-order valence-electron chi connectivity index (χ2n) is 4.24. The highest BCUT2D eigenvalue weighted by atomic mass is 32.1. The Morgan fingerprint density at radius 3 is 2.33 bits per heavy atom. The van der Waals surface area contributed by atoms with Gasteiger partial charge in [-0.25, -0.2) is 4.98 Å². The Morgan fingerprint density at radius 2 is 1.78 bits per heavy atom. The average Bonchev–Trinajstić information content (AvgIpc) is 2.81. The highest BCUT2D eigenvalue weighted by Gasteiger charge is 2.17. The molecule has 0 saturated carbocycles. The number of aromatic nitrogens is 1. The minimum Gasteiger partial charge on any atom is -0.496 e. The van der Waals surface area contributed by atoms with Crippen molar-refractivity contribution in [2.45, 2.75) is 20.8 Å². The van der Waals surface area contributed by atoms with Crippen molar-refractivity contribution < 1.29 is 9.47 Å². The van der Waals surface area contributed by atoms with Crippen LogP contribution in [0.3, 0.4) is 0 Å². The Kier molecular flexibility index (Phi) is 3.57. The van der Waals surface area contributed by atoms with Crippen LogP contribution in [0.25, 0.3) is 10.6 Å². The van der Waals surface area contributed by atoms with Crippen LogP contribution in [0.1, 0.15) is 16.7 Å². The zero-order chi connectivity index (χ0) is 13.3. The van der Waals surface area contributed by atoms with Gasteiger partial charge in [0.1, 0.15) is 10.8 Å². The maximum Gasteiger partial charge on any atom is 0.224 e. The fraction of sp³-hybridized carbons (Fsp3) is 0.357. The van der Waals surface area contributed by atoms with Crippen LogP contribution in [0, 0.1) is 20.8 Å². The van der Waals surface area contributed by atoms with Crippen LogP contribution in [0.5, 0.6) is 11.6 Å². The number of aryl methyl sites for hydroxylation is 2. The van der Waals surface area contributed by atoms with Gasteiger partial charge < -0.3 is 9.47 Å². The molecule has 2 rings (SSSR count). The molecule has 2 aromatic rings. The number of hydrogen-bond donors (Lipinski definition) is 0. The van der Waals surface area contributed by atoms with Crippen molar-refractivity contribution in [3.8, 4) is 22.2 Å². The largest absolute Gasteiger partial charge is 0.496 e. The minimum atomic E-state index is 0.648. The second kappa shape index (κ2) is 4.98. The summed E-state index contributed by atoms with van der Waals surface area (Å²) >= 11 is 1.57. The molecule has 0 spiro atoms. The van der Waals surface area contributed by atoms with Crippen LogP contribution in [0.4, 0.5) is 0 Å². The second-order valence-corrected chi connectivity index (χ2v) is 5.10. The molecular formula is C14H17NO2S. The van der Waals surface area contributed by atoms with Gasteiger partial charge in [0.15, 0.2) is 0 Å².